The first-order valence-corrected chi connectivity index (χ1v) is 5.37. The highest BCUT2D eigenvalue weighted by atomic mass is 32.1. The minimum absolute atomic E-state index is 0.00771. The van der Waals surface area contributed by atoms with Gasteiger partial charge in [-0.2, -0.15) is 0 Å². The molecule has 1 atom stereocenters. The van der Waals surface area contributed by atoms with Crippen molar-refractivity contribution in [3.8, 4) is 0 Å². The third kappa shape index (κ3) is 3.52. The molecule has 0 saturated carbocycles. The summed E-state index contributed by atoms with van der Waals surface area (Å²) in [5.74, 6) is -1.22. The number of nitrogens with two attached hydrogens (primary N) is 1. The topological polar surface area (TPSA) is 115 Å². The van der Waals surface area contributed by atoms with Crippen molar-refractivity contribution in [1.82, 2.24) is 4.98 Å². The maximum absolute atomic E-state index is 11.1. The van der Waals surface area contributed by atoms with E-state index in [0.29, 0.717) is 17.0 Å². The van der Waals surface area contributed by atoms with E-state index in [9.17, 15) is 9.59 Å². The Morgan fingerprint density at radius 1 is 1.88 bits per heavy atom. The minimum Gasteiger partial charge on any atom is -0.478 e. The summed E-state index contributed by atoms with van der Waals surface area (Å²) in [4.78, 5) is 29.7. The first kappa shape index (κ1) is 13.1. The van der Waals surface area contributed by atoms with Gasteiger partial charge in [0.25, 0.3) is 0 Å². The number of nitrogens with zero attached hydrogens (tertiary/aromatic N) is 2. The first-order chi connectivity index (χ1) is 7.98. The molecular formula is C9H10N3O4S. The second-order valence-electron chi connectivity index (χ2n) is 3.33. The quantitative estimate of drug-likeness (QED) is 0.556. The Morgan fingerprint density at radius 3 is 3.06 bits per heavy atom. The molecule has 7 nitrogen and oxygen atoms in total. The molecule has 1 rings (SSSR count). The summed E-state index contributed by atoms with van der Waals surface area (Å²) in [6.45, 7) is 1.33. The molecule has 0 aromatic carbocycles. The van der Waals surface area contributed by atoms with Gasteiger partial charge in [0.1, 0.15) is 6.21 Å². The molecule has 0 fully saturated rings. The van der Waals surface area contributed by atoms with Gasteiger partial charge in [0.2, 0.25) is 11.9 Å². The number of thiazole rings is 1. The van der Waals surface area contributed by atoms with Crippen LogP contribution in [0.4, 0.5) is 5.13 Å². The molecular weight excluding hydrogens is 246 g/mol. The molecule has 1 aromatic heterocycles. The number of carboxylic acid groups (broad SMARTS) is 1. The number of hydrogen-bond acceptors (Lipinski definition) is 7. The molecule has 8 heteroatoms. The fraction of sp³-hybridized carbons (Fsp3) is 0.333. The number of anilines is 1. The predicted octanol–water partition coefficient (Wildman–Crippen LogP) is 0.223. The number of nitrogen functional groups attached to an aromatic ring is 1. The van der Waals surface area contributed by atoms with Crippen molar-refractivity contribution in [3.63, 3.8) is 0 Å². The number of carbonyl (C=O) groups is 1. The molecule has 0 amide bonds. The lowest BCUT2D eigenvalue weighted by molar-refractivity contribution is -0.163. The lowest BCUT2D eigenvalue weighted by atomic mass is 10.0. The molecule has 0 saturated heterocycles. The maximum atomic E-state index is 11.1. The van der Waals surface area contributed by atoms with Crippen LogP contribution in [0.2, 0.25) is 0 Å². The number of oxime groups is 1. The summed E-state index contributed by atoms with van der Waals surface area (Å²) < 4.78 is 0. The van der Waals surface area contributed by atoms with Crippen LogP contribution in [0.15, 0.2) is 10.5 Å². The second-order valence-corrected chi connectivity index (χ2v) is 4.22. The van der Waals surface area contributed by atoms with E-state index in [0.717, 1.165) is 0 Å². The Morgan fingerprint density at radius 2 is 2.59 bits per heavy atom. The number of carboxylic acids is 1. The monoisotopic (exact) mass is 256 g/mol. The summed E-state index contributed by atoms with van der Waals surface area (Å²) in [7, 11) is 0. The smallest absolute Gasteiger partial charge is 0.351 e. The van der Waals surface area contributed by atoms with Crippen LogP contribution in [0.1, 0.15) is 12.6 Å². The Balaban J connectivity index is 2.81. The van der Waals surface area contributed by atoms with Crippen molar-refractivity contribution in [1.29, 1.82) is 0 Å². The van der Waals surface area contributed by atoms with Gasteiger partial charge in [0.15, 0.2) is 5.13 Å². The van der Waals surface area contributed by atoms with Gasteiger partial charge < -0.3 is 15.7 Å². The fourth-order valence-electron chi connectivity index (χ4n) is 1.06. The number of carbonyl (C=O) groups excluding carboxylic acids is 1. The van der Waals surface area contributed by atoms with Crippen molar-refractivity contribution < 1.29 is 19.5 Å². The summed E-state index contributed by atoms with van der Waals surface area (Å²) in [6, 6.07) is 0. The zero-order valence-corrected chi connectivity index (χ0v) is 9.73. The molecule has 1 heterocycles. The van der Waals surface area contributed by atoms with Gasteiger partial charge in [-0.25, -0.2) is 9.78 Å². The van der Waals surface area contributed by atoms with E-state index in [4.69, 9.17) is 15.7 Å². The molecule has 0 spiro atoms. The van der Waals surface area contributed by atoms with Crippen molar-refractivity contribution in [2.24, 2.45) is 5.16 Å². The lowest BCUT2D eigenvalue weighted by Gasteiger charge is -2.20. The van der Waals surface area contributed by atoms with Gasteiger partial charge in [-0.15, -0.1) is 11.3 Å². The maximum Gasteiger partial charge on any atom is 0.351 e. The third-order valence-electron chi connectivity index (χ3n) is 1.90. The lowest BCUT2D eigenvalue weighted by Crippen LogP contribution is -2.39. The van der Waals surface area contributed by atoms with Gasteiger partial charge in [-0.3, -0.25) is 4.79 Å². The van der Waals surface area contributed by atoms with Gasteiger partial charge in [-0.1, -0.05) is 5.16 Å². The number of aliphatic carboxylic acids is 1. The average molecular weight is 256 g/mol. The van der Waals surface area contributed by atoms with Crippen LogP contribution in [0.25, 0.3) is 0 Å². The predicted molar refractivity (Wildman–Crippen MR) is 61.5 cm³/mol. The normalized spacial score (nSPS) is 14.4. The van der Waals surface area contributed by atoms with Gasteiger partial charge in [0.05, 0.1) is 5.69 Å². The summed E-state index contributed by atoms with van der Waals surface area (Å²) in [5, 5.41) is 14.2. The van der Waals surface area contributed by atoms with Crippen molar-refractivity contribution in [3.05, 3.63) is 11.1 Å². The van der Waals surface area contributed by atoms with Crippen LogP contribution in [0.5, 0.6) is 0 Å². The van der Waals surface area contributed by atoms with E-state index in [1.165, 1.54) is 24.5 Å². The third-order valence-corrected chi connectivity index (χ3v) is 2.62. The SMILES string of the molecule is CC(Cc1csc(N)n1)(ON=C[C]=O)C(=O)O. The molecule has 3 N–H and O–H groups in total. The highest BCUT2D eigenvalue weighted by Crippen LogP contribution is 2.21. The Labute approximate surface area is 101 Å². The second kappa shape index (κ2) is 5.39. The summed E-state index contributed by atoms with van der Waals surface area (Å²) in [6.07, 6.45) is 2.05. The van der Waals surface area contributed by atoms with Crippen LogP contribution in [-0.4, -0.2) is 34.2 Å². The zero-order chi connectivity index (χ0) is 12.9. The molecule has 0 aliphatic heterocycles. The molecule has 0 aliphatic rings. The Hall–Kier alpha value is -1.96. The van der Waals surface area contributed by atoms with Gasteiger partial charge in [0, 0.05) is 11.8 Å². The van der Waals surface area contributed by atoms with Crippen LogP contribution in [-0.2, 0) is 20.8 Å². The largest absolute Gasteiger partial charge is 0.478 e. The molecule has 0 bridgehead atoms. The molecule has 91 valence electrons. The van der Waals surface area contributed by atoms with Gasteiger partial charge in [-0.05, 0) is 6.92 Å². The molecule has 0 aliphatic carbocycles. The first-order valence-electron chi connectivity index (χ1n) is 4.49. The molecule has 1 radical (unpaired) electrons. The van der Waals surface area contributed by atoms with E-state index in [1.54, 1.807) is 5.38 Å². The highest BCUT2D eigenvalue weighted by molar-refractivity contribution is 7.13. The average Bonchev–Trinajstić information content (AvgIpc) is 2.64. The van der Waals surface area contributed by atoms with Crippen molar-refractivity contribution in [2.45, 2.75) is 18.9 Å². The van der Waals surface area contributed by atoms with E-state index >= 15 is 0 Å². The van der Waals surface area contributed by atoms with E-state index in [-0.39, 0.29) is 6.42 Å². The number of rotatable bonds is 6. The molecule has 1 unspecified atom stereocenters. The highest BCUT2D eigenvalue weighted by Gasteiger charge is 2.37. The van der Waals surface area contributed by atoms with E-state index in [1.807, 2.05) is 0 Å². The standard InChI is InChI=1S/C9H10N3O4S/c1-9(7(14)15,16-11-2-3-13)4-6-5-17-8(10)12-6/h2,5H,4H2,1H3,(H2,10,12)(H,14,15). The van der Waals surface area contributed by atoms with Crippen LogP contribution in [0.3, 0.4) is 0 Å². The molecule has 17 heavy (non-hydrogen) atoms. The van der Waals surface area contributed by atoms with E-state index in [2.05, 4.69) is 10.1 Å². The van der Waals surface area contributed by atoms with Crippen molar-refractivity contribution >= 4 is 34.9 Å². The molecule has 1 aromatic rings. The summed E-state index contributed by atoms with van der Waals surface area (Å²) >= 11 is 1.20. The van der Waals surface area contributed by atoms with Gasteiger partial charge >= 0.3 is 5.97 Å². The van der Waals surface area contributed by atoms with Crippen LogP contribution >= 0.6 is 11.3 Å². The fourth-order valence-corrected chi connectivity index (χ4v) is 1.62. The Bertz CT molecular complexity index is 445. The number of aromatic nitrogens is 1. The van der Waals surface area contributed by atoms with Crippen molar-refractivity contribution in [2.75, 3.05) is 5.73 Å². The number of hydrogen-bond donors (Lipinski definition) is 2. The summed E-state index contributed by atoms with van der Waals surface area (Å²) in [5.41, 5.74) is 4.32. The minimum atomic E-state index is -1.60. The van der Waals surface area contributed by atoms with Crippen LogP contribution in [0, 0.1) is 0 Å². The Kier molecular flexibility index (Phi) is 4.16. The van der Waals surface area contributed by atoms with Crippen LogP contribution < -0.4 is 5.73 Å². The zero-order valence-electron chi connectivity index (χ0n) is 8.91. The van der Waals surface area contributed by atoms with E-state index < -0.39 is 11.6 Å².